The summed E-state index contributed by atoms with van der Waals surface area (Å²) in [4.78, 5) is 9.91. The van der Waals surface area contributed by atoms with Crippen LogP contribution in [-0.2, 0) is 23.9 Å². The summed E-state index contributed by atoms with van der Waals surface area (Å²) < 4.78 is 58.6. The zero-order valence-corrected chi connectivity index (χ0v) is 19.7. The summed E-state index contributed by atoms with van der Waals surface area (Å²) in [7, 11) is 0. The third-order valence-corrected chi connectivity index (χ3v) is 5.63. The summed E-state index contributed by atoms with van der Waals surface area (Å²) in [5.74, 6) is -0.276. The quantitative estimate of drug-likeness (QED) is 0.283. The van der Waals surface area contributed by atoms with Crippen LogP contribution in [0.4, 0.5) is 40.7 Å². The minimum absolute atomic E-state index is 0.0674. The van der Waals surface area contributed by atoms with Crippen LogP contribution in [0.3, 0.4) is 0 Å². The minimum Gasteiger partial charge on any atom is -0.378 e. The third-order valence-electron chi connectivity index (χ3n) is 5.63. The molecule has 2 heterocycles. The van der Waals surface area contributed by atoms with E-state index in [1.807, 2.05) is 19.1 Å². The van der Waals surface area contributed by atoms with Gasteiger partial charge in [0.1, 0.15) is 0 Å². The molecule has 4 rings (SSSR count). The van der Waals surface area contributed by atoms with Crippen LogP contribution in [0.2, 0.25) is 0 Å². The monoisotopic (exact) mass is 502 g/mol. The first-order chi connectivity index (χ1) is 17.3. The maximum Gasteiger partial charge on any atom is 0.416 e. The Kier molecular flexibility index (Phi) is 8.09. The van der Waals surface area contributed by atoms with E-state index in [0.29, 0.717) is 37.7 Å². The van der Waals surface area contributed by atoms with E-state index in [1.165, 1.54) is 6.07 Å². The van der Waals surface area contributed by atoms with Gasteiger partial charge in [0.2, 0.25) is 0 Å². The molecule has 0 spiro atoms. The van der Waals surface area contributed by atoms with Crippen molar-refractivity contribution in [2.75, 3.05) is 36.5 Å². The number of aromatic nitrogens is 2. The number of aryl methyl sites for hydroxylation is 1. The molecular formula is C25H26F4N6O. The second kappa shape index (κ2) is 11.4. The van der Waals surface area contributed by atoms with E-state index >= 15 is 0 Å². The van der Waals surface area contributed by atoms with Gasteiger partial charge >= 0.3 is 6.18 Å². The summed E-state index contributed by atoms with van der Waals surface area (Å²) in [6, 6.07) is 10.6. The van der Waals surface area contributed by atoms with Crippen LogP contribution >= 0.6 is 0 Å². The molecule has 11 heteroatoms. The van der Waals surface area contributed by atoms with Crippen LogP contribution in [0.25, 0.3) is 0 Å². The van der Waals surface area contributed by atoms with Gasteiger partial charge in [0.25, 0.3) is 5.95 Å². The molecule has 0 bridgehead atoms. The van der Waals surface area contributed by atoms with Crippen molar-refractivity contribution >= 4 is 23.1 Å². The second-order valence-corrected chi connectivity index (χ2v) is 8.28. The first-order valence-electron chi connectivity index (χ1n) is 11.6. The number of nitrogens with one attached hydrogen (secondary N) is 1. The van der Waals surface area contributed by atoms with Gasteiger partial charge in [0, 0.05) is 24.5 Å². The molecule has 0 radical (unpaired) electrons. The van der Waals surface area contributed by atoms with Crippen molar-refractivity contribution in [2.24, 2.45) is 10.2 Å². The predicted octanol–water partition coefficient (Wildman–Crippen LogP) is 6.45. The number of hydrogen-bond donors (Lipinski definition) is 1. The molecule has 190 valence electrons. The first kappa shape index (κ1) is 25.5. The Labute approximate surface area is 206 Å². The molecule has 1 aromatic heterocycles. The highest BCUT2D eigenvalue weighted by molar-refractivity contribution is 5.62. The zero-order valence-electron chi connectivity index (χ0n) is 19.7. The average Bonchev–Trinajstić information content (AvgIpc) is 2.87. The van der Waals surface area contributed by atoms with E-state index in [1.54, 1.807) is 17.0 Å². The van der Waals surface area contributed by atoms with Crippen LogP contribution in [0, 0.1) is 5.82 Å². The van der Waals surface area contributed by atoms with Crippen molar-refractivity contribution in [1.29, 1.82) is 0 Å². The molecule has 0 unspecified atom stereocenters. The highest BCUT2D eigenvalue weighted by Gasteiger charge is 2.30. The van der Waals surface area contributed by atoms with Crippen LogP contribution in [0.1, 0.15) is 30.0 Å². The average molecular weight is 503 g/mol. The van der Waals surface area contributed by atoms with Crippen molar-refractivity contribution in [3.05, 3.63) is 71.2 Å². The van der Waals surface area contributed by atoms with Gasteiger partial charge in [-0.2, -0.15) is 23.3 Å². The predicted molar refractivity (Wildman–Crippen MR) is 128 cm³/mol. The lowest BCUT2D eigenvalue weighted by molar-refractivity contribution is -0.137. The lowest BCUT2D eigenvalue weighted by Gasteiger charge is -2.27. The summed E-state index contributed by atoms with van der Waals surface area (Å²) in [6.45, 7) is 4.36. The van der Waals surface area contributed by atoms with E-state index in [0.717, 1.165) is 42.3 Å². The number of halogens is 4. The summed E-state index contributed by atoms with van der Waals surface area (Å²) in [6.07, 6.45) is -1.68. The van der Waals surface area contributed by atoms with E-state index in [9.17, 15) is 17.6 Å². The van der Waals surface area contributed by atoms with Crippen molar-refractivity contribution in [1.82, 2.24) is 9.97 Å². The molecule has 7 nitrogen and oxygen atoms in total. The maximum absolute atomic E-state index is 14.2. The van der Waals surface area contributed by atoms with Crippen molar-refractivity contribution < 1.29 is 22.3 Å². The highest BCUT2D eigenvalue weighted by Crippen LogP contribution is 2.32. The molecular weight excluding hydrogens is 476 g/mol. The number of benzene rings is 2. The van der Waals surface area contributed by atoms with Gasteiger partial charge in [-0.25, -0.2) is 9.37 Å². The van der Waals surface area contributed by atoms with Crippen LogP contribution < -0.4 is 10.2 Å². The second-order valence-electron chi connectivity index (χ2n) is 8.28. The number of anilines is 3. The Morgan fingerprint density at radius 3 is 2.58 bits per heavy atom. The van der Waals surface area contributed by atoms with Crippen molar-refractivity contribution in [2.45, 2.75) is 32.5 Å². The standard InChI is InChI=1S/C25H26F4N6O/c1-2-4-17-13-21(32-20-6-3-5-19(14-20)25(27,28)29)8-7-18(17)15-31-34-24-30-16-22(26)23(33-24)35-9-11-36-12-10-35/h3,5-8,13-14,16,32H,2,4,9-12,15H2,1H3. The van der Waals surface area contributed by atoms with Crippen LogP contribution in [0.15, 0.2) is 58.9 Å². The molecule has 0 atom stereocenters. The number of ether oxygens (including phenoxy) is 1. The molecule has 1 saturated heterocycles. The SMILES string of the molecule is CCCc1cc(Nc2cccc(C(F)(F)F)c2)ccc1CN=Nc1ncc(F)c(N2CCOCC2)n1. The molecule has 1 aliphatic rings. The van der Waals surface area contributed by atoms with Gasteiger partial charge in [-0.3, -0.25) is 0 Å². The lowest BCUT2D eigenvalue weighted by Crippen LogP contribution is -2.37. The van der Waals surface area contributed by atoms with E-state index in [-0.39, 0.29) is 18.3 Å². The largest absolute Gasteiger partial charge is 0.416 e. The minimum atomic E-state index is -4.41. The third kappa shape index (κ3) is 6.54. The van der Waals surface area contributed by atoms with E-state index in [2.05, 4.69) is 25.5 Å². The highest BCUT2D eigenvalue weighted by atomic mass is 19.4. The van der Waals surface area contributed by atoms with Gasteiger partial charge in [0.05, 0.1) is 31.5 Å². The molecule has 3 aromatic rings. The number of alkyl halides is 3. The summed E-state index contributed by atoms with van der Waals surface area (Å²) in [5.41, 5.74) is 2.24. The fraction of sp³-hybridized carbons (Fsp3) is 0.360. The molecule has 0 amide bonds. The molecule has 0 saturated carbocycles. The number of nitrogens with zero attached hydrogens (tertiary/aromatic N) is 5. The van der Waals surface area contributed by atoms with Crippen molar-refractivity contribution in [3.8, 4) is 0 Å². The zero-order chi connectivity index (χ0) is 25.5. The molecule has 1 N–H and O–H groups in total. The number of hydrogen-bond acceptors (Lipinski definition) is 7. The molecule has 1 aliphatic heterocycles. The molecule has 1 fully saturated rings. The smallest absolute Gasteiger partial charge is 0.378 e. The lowest BCUT2D eigenvalue weighted by atomic mass is 10.0. The van der Waals surface area contributed by atoms with Gasteiger partial charge in [-0.05, 0) is 47.9 Å². The number of morpholine rings is 1. The fourth-order valence-corrected chi connectivity index (χ4v) is 3.87. The number of rotatable bonds is 8. The molecule has 2 aromatic carbocycles. The molecule has 0 aliphatic carbocycles. The Bertz CT molecular complexity index is 1210. The normalized spacial score (nSPS) is 14.4. The van der Waals surface area contributed by atoms with E-state index < -0.39 is 17.6 Å². The van der Waals surface area contributed by atoms with E-state index in [4.69, 9.17) is 4.74 Å². The van der Waals surface area contributed by atoms with Crippen molar-refractivity contribution in [3.63, 3.8) is 0 Å². The Morgan fingerprint density at radius 2 is 1.83 bits per heavy atom. The van der Waals surface area contributed by atoms with Crippen LogP contribution in [0.5, 0.6) is 0 Å². The first-order valence-corrected chi connectivity index (χ1v) is 11.6. The Hall–Kier alpha value is -3.60. The molecule has 36 heavy (non-hydrogen) atoms. The summed E-state index contributed by atoms with van der Waals surface area (Å²) in [5, 5.41) is 11.3. The number of azo groups is 1. The van der Waals surface area contributed by atoms with Gasteiger partial charge in [0.15, 0.2) is 11.6 Å². The summed E-state index contributed by atoms with van der Waals surface area (Å²) >= 11 is 0. The fourth-order valence-electron chi connectivity index (χ4n) is 3.87. The van der Waals surface area contributed by atoms with Gasteiger partial charge < -0.3 is 15.0 Å². The Balaban J connectivity index is 1.47. The van der Waals surface area contributed by atoms with Gasteiger partial charge in [-0.15, -0.1) is 5.11 Å². The topological polar surface area (TPSA) is 75.0 Å². The van der Waals surface area contributed by atoms with Gasteiger partial charge in [-0.1, -0.05) is 25.5 Å². The Morgan fingerprint density at radius 1 is 1.06 bits per heavy atom. The van der Waals surface area contributed by atoms with Crippen LogP contribution in [-0.4, -0.2) is 36.3 Å². The maximum atomic E-state index is 14.2.